The van der Waals surface area contributed by atoms with Gasteiger partial charge < -0.3 is 4.74 Å². The van der Waals surface area contributed by atoms with E-state index < -0.39 is 0 Å². The number of aromatic nitrogens is 4. The monoisotopic (exact) mass is 410 g/mol. The van der Waals surface area contributed by atoms with Crippen LogP contribution < -0.4 is 10.4 Å². The standard InChI is InChI=1S/C25H22N4O2/c1-28-20-12-6-7-13-21(20)29(25(28)30)24-26-19(16-15-17-9-4-3-5-10-17)18-11-8-14-22(31-2)23(18)27-24/h3-14H,15-16H2,1-2H3. The molecule has 5 aromatic rings. The number of hydrogen-bond acceptors (Lipinski definition) is 4. The molecule has 6 nitrogen and oxygen atoms in total. The quantitative estimate of drug-likeness (QED) is 0.438. The van der Waals surface area contributed by atoms with E-state index in [-0.39, 0.29) is 5.69 Å². The zero-order valence-corrected chi connectivity index (χ0v) is 17.4. The zero-order valence-electron chi connectivity index (χ0n) is 17.4. The average molecular weight is 410 g/mol. The average Bonchev–Trinajstić information content (AvgIpc) is 3.07. The number of hydrogen-bond donors (Lipinski definition) is 0. The molecule has 0 spiro atoms. The van der Waals surface area contributed by atoms with Gasteiger partial charge in [-0.25, -0.2) is 19.3 Å². The molecular weight excluding hydrogens is 388 g/mol. The van der Waals surface area contributed by atoms with Crippen molar-refractivity contribution in [1.29, 1.82) is 0 Å². The van der Waals surface area contributed by atoms with Crippen molar-refractivity contribution in [2.75, 3.05) is 7.11 Å². The fraction of sp³-hybridized carbons (Fsp3) is 0.160. The second-order valence-electron chi connectivity index (χ2n) is 7.48. The van der Waals surface area contributed by atoms with Crippen LogP contribution in [0.3, 0.4) is 0 Å². The molecule has 0 N–H and O–H groups in total. The number of benzene rings is 3. The van der Waals surface area contributed by atoms with Gasteiger partial charge in [-0.05, 0) is 36.6 Å². The van der Waals surface area contributed by atoms with Gasteiger partial charge in [0.05, 0.1) is 23.8 Å². The molecule has 31 heavy (non-hydrogen) atoms. The Hall–Kier alpha value is -3.93. The van der Waals surface area contributed by atoms with E-state index in [2.05, 4.69) is 12.1 Å². The largest absolute Gasteiger partial charge is 0.494 e. The van der Waals surface area contributed by atoms with Gasteiger partial charge >= 0.3 is 5.69 Å². The Morgan fingerprint density at radius 2 is 1.58 bits per heavy atom. The number of rotatable bonds is 5. The van der Waals surface area contributed by atoms with Gasteiger partial charge in [-0.3, -0.25) is 4.57 Å². The lowest BCUT2D eigenvalue weighted by Gasteiger charge is -2.12. The highest BCUT2D eigenvalue weighted by Gasteiger charge is 2.18. The number of para-hydroxylation sites is 3. The van der Waals surface area contributed by atoms with Gasteiger partial charge in [0.25, 0.3) is 0 Å². The van der Waals surface area contributed by atoms with Crippen LogP contribution in [0.2, 0.25) is 0 Å². The normalized spacial score (nSPS) is 11.3. The maximum atomic E-state index is 13.1. The van der Waals surface area contributed by atoms with Crippen molar-refractivity contribution in [3.8, 4) is 11.7 Å². The Kier molecular flexibility index (Phi) is 4.75. The van der Waals surface area contributed by atoms with Crippen LogP contribution in [0.25, 0.3) is 27.9 Å². The molecule has 2 heterocycles. The summed E-state index contributed by atoms with van der Waals surface area (Å²) in [5, 5.41) is 0.937. The summed E-state index contributed by atoms with van der Waals surface area (Å²) in [7, 11) is 3.39. The minimum Gasteiger partial charge on any atom is -0.494 e. The predicted molar refractivity (Wildman–Crippen MR) is 122 cm³/mol. The van der Waals surface area contributed by atoms with E-state index in [1.165, 1.54) is 5.56 Å². The highest BCUT2D eigenvalue weighted by atomic mass is 16.5. The molecule has 0 amide bonds. The first kappa shape index (κ1) is 19.1. The molecule has 0 bridgehead atoms. The van der Waals surface area contributed by atoms with Crippen molar-refractivity contribution in [2.24, 2.45) is 7.05 Å². The van der Waals surface area contributed by atoms with Gasteiger partial charge in [-0.15, -0.1) is 0 Å². The summed E-state index contributed by atoms with van der Waals surface area (Å²) < 4.78 is 8.77. The molecule has 0 saturated carbocycles. The van der Waals surface area contributed by atoms with Crippen LogP contribution in [-0.4, -0.2) is 26.2 Å². The second kappa shape index (κ2) is 7.72. The lowest BCUT2D eigenvalue weighted by Crippen LogP contribution is -2.23. The van der Waals surface area contributed by atoms with Crippen molar-refractivity contribution in [3.63, 3.8) is 0 Å². The van der Waals surface area contributed by atoms with E-state index in [1.54, 1.807) is 23.3 Å². The maximum Gasteiger partial charge on any atom is 0.335 e. The lowest BCUT2D eigenvalue weighted by molar-refractivity contribution is 0.418. The topological polar surface area (TPSA) is 61.9 Å². The molecule has 5 rings (SSSR count). The van der Waals surface area contributed by atoms with E-state index in [0.29, 0.717) is 17.2 Å². The molecule has 0 aliphatic carbocycles. The van der Waals surface area contributed by atoms with Crippen molar-refractivity contribution in [2.45, 2.75) is 12.8 Å². The summed E-state index contributed by atoms with van der Waals surface area (Å²) in [6, 6.07) is 23.8. The van der Waals surface area contributed by atoms with Crippen LogP contribution in [0.15, 0.2) is 77.6 Å². The third-order valence-corrected chi connectivity index (χ3v) is 5.63. The summed E-state index contributed by atoms with van der Waals surface area (Å²) >= 11 is 0. The molecule has 6 heteroatoms. The maximum absolute atomic E-state index is 13.1. The molecule has 0 saturated heterocycles. The van der Waals surface area contributed by atoms with Crippen LogP contribution in [0.5, 0.6) is 5.75 Å². The van der Waals surface area contributed by atoms with E-state index >= 15 is 0 Å². The molecule has 2 aromatic heterocycles. The first-order chi connectivity index (χ1) is 15.2. The SMILES string of the molecule is COc1cccc2c(CCc3ccccc3)nc(-n3c(=O)n(C)c4ccccc43)nc12. The third-order valence-electron chi connectivity index (χ3n) is 5.63. The number of imidazole rings is 1. The van der Waals surface area contributed by atoms with Crippen molar-refractivity contribution in [1.82, 2.24) is 19.1 Å². The first-order valence-electron chi connectivity index (χ1n) is 10.2. The Balaban J connectivity index is 1.73. The fourth-order valence-electron chi connectivity index (χ4n) is 4.03. The minimum absolute atomic E-state index is 0.176. The van der Waals surface area contributed by atoms with Gasteiger partial charge in [0.2, 0.25) is 5.95 Å². The molecule has 0 aliphatic rings. The molecule has 0 unspecified atom stereocenters. The highest BCUT2D eigenvalue weighted by molar-refractivity contribution is 5.87. The van der Waals surface area contributed by atoms with E-state index in [9.17, 15) is 4.79 Å². The summed E-state index contributed by atoms with van der Waals surface area (Å²) in [4.78, 5) is 22.7. The molecule has 0 aliphatic heterocycles. The van der Waals surface area contributed by atoms with Crippen molar-refractivity contribution in [3.05, 3.63) is 94.5 Å². The summed E-state index contributed by atoms with van der Waals surface area (Å²) in [5.41, 5.74) is 4.27. The van der Waals surface area contributed by atoms with Gasteiger partial charge in [0.1, 0.15) is 11.3 Å². The minimum atomic E-state index is -0.176. The molecule has 0 radical (unpaired) electrons. The fourth-order valence-corrected chi connectivity index (χ4v) is 4.03. The molecular formula is C25H22N4O2. The van der Waals surface area contributed by atoms with E-state index in [1.807, 2.05) is 60.7 Å². The Bertz CT molecular complexity index is 1450. The molecule has 154 valence electrons. The van der Waals surface area contributed by atoms with Crippen LogP contribution in [0.4, 0.5) is 0 Å². The number of ether oxygens (including phenoxy) is 1. The van der Waals surface area contributed by atoms with E-state index in [0.717, 1.165) is 35.0 Å². The lowest BCUT2D eigenvalue weighted by atomic mass is 10.0. The van der Waals surface area contributed by atoms with Gasteiger partial charge in [0.15, 0.2) is 0 Å². The Morgan fingerprint density at radius 3 is 2.35 bits per heavy atom. The third kappa shape index (κ3) is 3.26. The van der Waals surface area contributed by atoms with E-state index in [4.69, 9.17) is 14.7 Å². The van der Waals surface area contributed by atoms with Crippen molar-refractivity contribution >= 4 is 21.9 Å². The van der Waals surface area contributed by atoms with Crippen LogP contribution in [0, 0.1) is 0 Å². The zero-order chi connectivity index (χ0) is 21.4. The first-order valence-corrected chi connectivity index (χ1v) is 10.2. The summed E-state index contributed by atoms with van der Waals surface area (Å²) in [5.74, 6) is 1.03. The molecule has 0 fully saturated rings. The number of fused-ring (bicyclic) bond motifs is 2. The van der Waals surface area contributed by atoms with Gasteiger partial charge in [0, 0.05) is 12.4 Å². The second-order valence-corrected chi connectivity index (χ2v) is 7.48. The van der Waals surface area contributed by atoms with Crippen LogP contribution in [0.1, 0.15) is 11.3 Å². The Morgan fingerprint density at radius 1 is 0.839 bits per heavy atom. The predicted octanol–water partition coefficient (Wildman–Crippen LogP) is 4.07. The number of nitrogens with zero attached hydrogens (tertiary/aromatic N) is 4. The van der Waals surface area contributed by atoms with Crippen molar-refractivity contribution < 1.29 is 4.74 Å². The van der Waals surface area contributed by atoms with Crippen LogP contribution >= 0.6 is 0 Å². The van der Waals surface area contributed by atoms with Crippen LogP contribution in [-0.2, 0) is 19.9 Å². The smallest absolute Gasteiger partial charge is 0.335 e. The van der Waals surface area contributed by atoms with Gasteiger partial charge in [-0.2, -0.15) is 0 Å². The summed E-state index contributed by atoms with van der Waals surface area (Å²) in [6.45, 7) is 0. The number of aryl methyl sites for hydroxylation is 3. The van der Waals surface area contributed by atoms with Gasteiger partial charge in [-0.1, -0.05) is 54.6 Å². The Labute approximate surface area is 179 Å². The molecule has 3 aromatic carbocycles. The summed E-state index contributed by atoms with van der Waals surface area (Å²) in [6.07, 6.45) is 1.57. The molecule has 0 atom stereocenters. The number of methoxy groups -OCH3 is 1. The highest BCUT2D eigenvalue weighted by Crippen LogP contribution is 2.27.